The van der Waals surface area contributed by atoms with E-state index in [0.29, 0.717) is 24.0 Å². The van der Waals surface area contributed by atoms with Crippen LogP contribution in [-0.2, 0) is 60.8 Å². The maximum atomic E-state index is 14.0. The molecule has 0 radical (unpaired) electrons. The number of aromatic amines is 1. The zero-order valence-corrected chi connectivity index (χ0v) is 41.8. The van der Waals surface area contributed by atoms with Crippen LogP contribution in [0.1, 0.15) is 69.9 Å². The molecule has 10 amide bonds. The number of H-pyrrole nitrogens is 1. The van der Waals surface area contributed by atoms with Crippen LogP contribution in [0.15, 0.2) is 59.7 Å². The van der Waals surface area contributed by atoms with Crippen molar-refractivity contribution in [1.82, 2.24) is 52.4 Å². The fourth-order valence-corrected chi connectivity index (χ4v) is 8.70. The number of rotatable bonds is 27. The number of phenolic OH excluding ortho intramolecular Hbond substituents is 1. The van der Waals surface area contributed by atoms with Gasteiger partial charge in [-0.2, -0.15) is 0 Å². The summed E-state index contributed by atoms with van der Waals surface area (Å²) in [6, 6.07) is 4.21. The fourth-order valence-electron chi connectivity index (χ4n) is 8.70. The predicted molar refractivity (Wildman–Crippen MR) is 271 cm³/mol. The van der Waals surface area contributed by atoms with Crippen LogP contribution in [0.25, 0.3) is 10.9 Å². The van der Waals surface area contributed by atoms with E-state index in [-0.39, 0.29) is 81.6 Å². The summed E-state index contributed by atoms with van der Waals surface area (Å²) < 4.78 is 0. The van der Waals surface area contributed by atoms with Gasteiger partial charge in [0.15, 0.2) is 5.96 Å². The number of nitrogens with zero attached hydrogens (tertiary/aromatic N) is 2. The molecule has 2 fully saturated rings. The third kappa shape index (κ3) is 17.4. The summed E-state index contributed by atoms with van der Waals surface area (Å²) in [5, 5.41) is 41.5. The van der Waals surface area contributed by atoms with Crippen molar-refractivity contribution in [2.45, 2.75) is 114 Å². The highest BCUT2D eigenvalue weighted by Crippen LogP contribution is 2.22. The third-order valence-corrected chi connectivity index (χ3v) is 12.5. The first-order valence-electron chi connectivity index (χ1n) is 24.7. The quantitative estimate of drug-likeness (QED) is 0.0198. The van der Waals surface area contributed by atoms with E-state index in [4.69, 9.17) is 17.2 Å². The number of carbonyl (C=O) groups excluding carboxylic acids is 10. The van der Waals surface area contributed by atoms with Gasteiger partial charge in [-0.25, -0.2) is 0 Å². The van der Waals surface area contributed by atoms with Gasteiger partial charge in [0.25, 0.3) is 0 Å². The van der Waals surface area contributed by atoms with E-state index in [1.165, 1.54) is 29.2 Å². The van der Waals surface area contributed by atoms with Crippen molar-refractivity contribution >= 4 is 75.9 Å². The van der Waals surface area contributed by atoms with Gasteiger partial charge in [-0.05, 0) is 73.8 Å². The van der Waals surface area contributed by atoms with Crippen LogP contribution in [0.5, 0.6) is 5.75 Å². The number of nitrogens with one attached hydrogen (secondary N) is 9. The minimum atomic E-state index is -1.67. The van der Waals surface area contributed by atoms with Crippen molar-refractivity contribution in [2.24, 2.45) is 28.1 Å². The second kappa shape index (κ2) is 27.7. The molecule has 2 aliphatic heterocycles. The molecule has 3 aromatic rings. The first kappa shape index (κ1) is 57.6. The monoisotopic (exact) mass is 1040 g/mol. The second-order valence-corrected chi connectivity index (χ2v) is 18.8. The van der Waals surface area contributed by atoms with Crippen LogP contribution in [0.3, 0.4) is 0 Å². The number of aromatic nitrogens is 1. The number of amides is 10. The van der Waals surface area contributed by atoms with Gasteiger partial charge in [0.05, 0.1) is 19.7 Å². The van der Waals surface area contributed by atoms with Crippen molar-refractivity contribution in [2.75, 3.05) is 32.8 Å². The molecule has 3 heterocycles. The van der Waals surface area contributed by atoms with E-state index in [0.717, 1.165) is 10.9 Å². The number of hydrogen-bond acceptors (Lipinski definition) is 13. The Balaban J connectivity index is 1.28. The van der Waals surface area contributed by atoms with E-state index in [1.54, 1.807) is 26.1 Å². The Morgan fingerprint density at radius 3 is 2.09 bits per heavy atom. The Bertz CT molecular complexity index is 2580. The molecular formula is C49H68N14O12. The van der Waals surface area contributed by atoms with E-state index in [1.807, 2.05) is 18.2 Å². The molecule has 1 aromatic heterocycles. The number of fused-ring (bicyclic) bond motifs is 1. The Morgan fingerprint density at radius 2 is 1.43 bits per heavy atom. The van der Waals surface area contributed by atoms with E-state index >= 15 is 0 Å². The SMILES string of the molecule is CC(C)C[C@H](NC(=O)CNC(=O)[C@H](Cc1ccc(O)cc1)NC(=O)[C@H](CO)NC(=O)[C@H](Cc1c[nH]c2ccccc12)NC(=O)[C@@H]1CCC(=O)N1)C(=O)N[C@@H](CCCN=C(N)N)C(=O)N1CCC[C@H]1C(=O)NCC(N)=O. The van der Waals surface area contributed by atoms with Gasteiger partial charge < -0.3 is 79.8 Å². The van der Waals surface area contributed by atoms with Crippen LogP contribution in [0.2, 0.25) is 0 Å². The highest BCUT2D eigenvalue weighted by Gasteiger charge is 2.39. The van der Waals surface area contributed by atoms with Gasteiger partial charge in [0, 0.05) is 49.5 Å². The number of hydrogen-bond donors (Lipinski definition) is 14. The van der Waals surface area contributed by atoms with Gasteiger partial charge in [-0.3, -0.25) is 52.9 Å². The molecule has 75 heavy (non-hydrogen) atoms. The summed E-state index contributed by atoms with van der Waals surface area (Å²) in [6.45, 7) is 1.77. The van der Waals surface area contributed by atoms with Crippen molar-refractivity contribution in [3.8, 4) is 5.75 Å². The summed E-state index contributed by atoms with van der Waals surface area (Å²) >= 11 is 0. The molecule has 17 N–H and O–H groups in total. The Kier molecular flexibility index (Phi) is 21.3. The number of para-hydroxylation sites is 1. The molecule has 0 saturated carbocycles. The van der Waals surface area contributed by atoms with E-state index in [9.17, 15) is 58.2 Å². The average Bonchev–Trinajstić information content (AvgIpc) is 4.15. The molecule has 0 aliphatic carbocycles. The van der Waals surface area contributed by atoms with E-state index in [2.05, 4.69) is 52.5 Å². The van der Waals surface area contributed by atoms with Gasteiger partial charge >= 0.3 is 0 Å². The number of aromatic hydroxyl groups is 1. The lowest BCUT2D eigenvalue weighted by molar-refractivity contribution is -0.142. The maximum Gasteiger partial charge on any atom is 0.245 e. The minimum absolute atomic E-state index is 0.0320. The standard InChI is InChI=1S/C49H68N14O12/c1-26(2)19-34(44(71)59-33(9-5-17-53-49(51)52)48(75)63-18-6-10-38(63)47(74)55-23-39(50)66)58-41(68)24-56-42(69)35(20-27-11-13-29(65)14-12-27)60-46(73)37(25-64)62-45(72)36(61-43(70)32-15-16-40(67)57-32)21-28-22-54-31-8-4-3-7-30(28)31/h3-4,7-8,11-14,22,26,32-38,54,64-65H,5-6,9-10,15-21,23-25H2,1-2H3,(H2,50,66)(H,55,74)(H,56,69)(H,57,67)(H,58,68)(H,59,71)(H,60,73)(H,61,70)(H,62,72)(H4,51,52,53)/t32-,33-,34-,35-,36-,37-,38-/m0/s1. The molecule has 2 aromatic carbocycles. The highest BCUT2D eigenvalue weighted by atomic mass is 16.3. The number of aliphatic hydroxyl groups excluding tert-OH is 1. The number of likely N-dealkylation sites (tertiary alicyclic amines) is 1. The van der Waals surface area contributed by atoms with Crippen molar-refractivity contribution < 1.29 is 58.2 Å². The molecule has 26 nitrogen and oxygen atoms in total. The Morgan fingerprint density at radius 1 is 0.760 bits per heavy atom. The lowest BCUT2D eigenvalue weighted by atomic mass is 10.0. The number of carbonyl (C=O) groups is 10. The van der Waals surface area contributed by atoms with E-state index < -0.39 is 115 Å². The van der Waals surface area contributed by atoms with Gasteiger partial charge in [-0.1, -0.05) is 44.2 Å². The third-order valence-electron chi connectivity index (χ3n) is 12.5. The molecule has 5 rings (SSSR count). The Hall–Kier alpha value is -8.29. The lowest BCUT2D eigenvalue weighted by Crippen LogP contribution is -2.60. The number of nitrogens with two attached hydrogens (primary N) is 3. The smallest absolute Gasteiger partial charge is 0.245 e. The molecule has 0 bridgehead atoms. The summed E-state index contributed by atoms with van der Waals surface area (Å²) in [5.41, 5.74) is 18.0. The zero-order valence-electron chi connectivity index (χ0n) is 41.8. The second-order valence-electron chi connectivity index (χ2n) is 18.8. The minimum Gasteiger partial charge on any atom is -0.508 e. The molecule has 2 aliphatic rings. The van der Waals surface area contributed by atoms with Crippen LogP contribution in [0.4, 0.5) is 0 Å². The van der Waals surface area contributed by atoms with Crippen LogP contribution < -0.4 is 59.7 Å². The Labute approximate surface area is 431 Å². The summed E-state index contributed by atoms with van der Waals surface area (Å²) in [7, 11) is 0. The largest absolute Gasteiger partial charge is 0.508 e. The molecule has 2 saturated heterocycles. The van der Waals surface area contributed by atoms with Crippen LogP contribution in [-0.4, -0.2) is 160 Å². The van der Waals surface area contributed by atoms with Gasteiger partial charge in [0.1, 0.15) is 48.0 Å². The van der Waals surface area contributed by atoms with Crippen molar-refractivity contribution in [3.63, 3.8) is 0 Å². The summed E-state index contributed by atoms with van der Waals surface area (Å²) in [5.74, 6) is -7.73. The molecular weight excluding hydrogens is 977 g/mol. The number of aliphatic imine (C=N–C) groups is 1. The maximum absolute atomic E-state index is 14.0. The number of benzene rings is 2. The number of phenols is 1. The number of aliphatic hydroxyl groups is 1. The van der Waals surface area contributed by atoms with Gasteiger partial charge in [-0.15, -0.1) is 0 Å². The summed E-state index contributed by atoms with van der Waals surface area (Å²) in [4.78, 5) is 141. The summed E-state index contributed by atoms with van der Waals surface area (Å²) in [6.07, 6.45) is 2.81. The van der Waals surface area contributed by atoms with Crippen molar-refractivity contribution in [1.29, 1.82) is 0 Å². The van der Waals surface area contributed by atoms with Crippen LogP contribution in [0, 0.1) is 5.92 Å². The van der Waals surface area contributed by atoms with Crippen LogP contribution >= 0.6 is 0 Å². The lowest BCUT2D eigenvalue weighted by Gasteiger charge is -2.30. The predicted octanol–water partition coefficient (Wildman–Crippen LogP) is -3.84. The average molecular weight is 1050 g/mol. The molecule has 0 unspecified atom stereocenters. The van der Waals surface area contributed by atoms with Gasteiger partial charge in [0.2, 0.25) is 59.1 Å². The zero-order chi connectivity index (χ0) is 54.8. The fraction of sp³-hybridized carbons (Fsp3) is 0.490. The molecule has 7 atom stereocenters. The van der Waals surface area contributed by atoms with Crippen molar-refractivity contribution in [3.05, 3.63) is 65.9 Å². The normalized spacial score (nSPS) is 17.1. The number of guanidine groups is 1. The molecule has 26 heteroatoms. The first-order chi connectivity index (χ1) is 35.7. The number of primary amides is 1. The molecule has 406 valence electrons. The highest BCUT2D eigenvalue weighted by molar-refractivity contribution is 5.99. The molecule has 0 spiro atoms. The topological polar surface area (TPSA) is 417 Å². The first-order valence-corrected chi connectivity index (χ1v) is 24.7.